The molecular formula is C22H17N3O5S. The Balaban J connectivity index is 2.01. The second-order valence-electron chi connectivity index (χ2n) is 7.33. The van der Waals surface area contributed by atoms with E-state index in [1.165, 1.54) is 12.1 Å². The number of para-hydroxylation sites is 1. The van der Waals surface area contributed by atoms with Crippen LogP contribution in [0.2, 0.25) is 0 Å². The van der Waals surface area contributed by atoms with Crippen LogP contribution >= 0.6 is 11.9 Å². The van der Waals surface area contributed by atoms with E-state index in [0.717, 1.165) is 23.6 Å². The van der Waals surface area contributed by atoms with E-state index in [2.05, 4.69) is 0 Å². The van der Waals surface area contributed by atoms with Crippen molar-refractivity contribution in [1.29, 1.82) is 0 Å². The van der Waals surface area contributed by atoms with Gasteiger partial charge in [-0.1, -0.05) is 32.0 Å². The molecule has 4 aromatic rings. The highest BCUT2D eigenvalue weighted by atomic mass is 32.2. The van der Waals surface area contributed by atoms with Crippen molar-refractivity contribution in [2.45, 2.75) is 24.7 Å². The molecule has 0 radical (unpaired) electrons. The molecule has 4 rings (SSSR count). The van der Waals surface area contributed by atoms with Gasteiger partial charge in [0.05, 0.1) is 26.9 Å². The van der Waals surface area contributed by atoms with Crippen LogP contribution in [0.1, 0.15) is 25.3 Å². The quantitative estimate of drug-likeness (QED) is 0.228. The van der Waals surface area contributed by atoms with Gasteiger partial charge >= 0.3 is 0 Å². The largest absolute Gasteiger partial charge is 0.291 e. The van der Waals surface area contributed by atoms with Gasteiger partial charge in [0.25, 0.3) is 11.4 Å². The van der Waals surface area contributed by atoms with Crippen LogP contribution in [0.25, 0.3) is 21.8 Å². The molecule has 1 aromatic heterocycles. The lowest BCUT2D eigenvalue weighted by molar-refractivity contribution is -0.396. The van der Waals surface area contributed by atoms with Crippen LogP contribution in [0.3, 0.4) is 0 Å². The third kappa shape index (κ3) is 3.64. The van der Waals surface area contributed by atoms with E-state index in [0.29, 0.717) is 21.8 Å². The molecule has 0 spiro atoms. The first-order valence-corrected chi connectivity index (χ1v) is 10.2. The predicted octanol–water partition coefficient (Wildman–Crippen LogP) is 5.65. The van der Waals surface area contributed by atoms with E-state index in [1.807, 2.05) is 32.0 Å². The van der Waals surface area contributed by atoms with Crippen molar-refractivity contribution in [3.63, 3.8) is 0 Å². The number of nitro groups is 2. The average Bonchev–Trinajstić information content (AvgIpc) is 2.76. The Hall–Kier alpha value is -3.72. The van der Waals surface area contributed by atoms with Gasteiger partial charge in [0.2, 0.25) is 0 Å². The maximum absolute atomic E-state index is 13.2. The Morgan fingerprint density at radius 3 is 2.26 bits per heavy atom. The SMILES string of the molecule is CC(C)c1ccc2c(c1)c(=O)c1ccccc1n2Sc1ccc([N+](=O)[O-])cc1[N+](=O)[O-]. The number of benzene rings is 3. The molecule has 156 valence electrons. The van der Waals surface area contributed by atoms with Crippen molar-refractivity contribution in [3.05, 3.63) is 96.7 Å². The maximum atomic E-state index is 13.2. The Morgan fingerprint density at radius 1 is 0.871 bits per heavy atom. The van der Waals surface area contributed by atoms with E-state index in [9.17, 15) is 25.0 Å². The number of fused-ring (bicyclic) bond motifs is 2. The Kier molecular flexibility index (Phi) is 5.20. The maximum Gasteiger partial charge on any atom is 0.291 e. The zero-order valence-electron chi connectivity index (χ0n) is 16.6. The highest BCUT2D eigenvalue weighted by Crippen LogP contribution is 2.37. The van der Waals surface area contributed by atoms with Gasteiger partial charge in [0.15, 0.2) is 5.43 Å². The lowest BCUT2D eigenvalue weighted by Crippen LogP contribution is -2.09. The molecule has 0 N–H and O–H groups in total. The van der Waals surface area contributed by atoms with E-state index < -0.39 is 9.85 Å². The van der Waals surface area contributed by atoms with Gasteiger partial charge in [-0.3, -0.25) is 29.0 Å². The molecular weight excluding hydrogens is 418 g/mol. The van der Waals surface area contributed by atoms with Crippen molar-refractivity contribution in [2.24, 2.45) is 0 Å². The van der Waals surface area contributed by atoms with Crippen molar-refractivity contribution in [2.75, 3.05) is 0 Å². The Morgan fingerprint density at radius 2 is 1.58 bits per heavy atom. The third-order valence-corrected chi connectivity index (χ3v) is 6.18. The topological polar surface area (TPSA) is 108 Å². The van der Waals surface area contributed by atoms with Gasteiger partial charge < -0.3 is 0 Å². The second kappa shape index (κ2) is 7.84. The number of nitrogens with zero attached hydrogens (tertiary/aromatic N) is 3. The molecule has 0 aliphatic rings. The lowest BCUT2D eigenvalue weighted by atomic mass is 10.00. The van der Waals surface area contributed by atoms with Gasteiger partial charge in [-0.2, -0.15) is 0 Å². The molecule has 0 bridgehead atoms. The van der Waals surface area contributed by atoms with Crippen molar-refractivity contribution in [3.8, 4) is 0 Å². The minimum atomic E-state index is -0.668. The number of hydrogen-bond acceptors (Lipinski definition) is 6. The minimum Gasteiger partial charge on any atom is -0.288 e. The first-order chi connectivity index (χ1) is 14.8. The van der Waals surface area contributed by atoms with Gasteiger partial charge in [-0.05, 0) is 53.8 Å². The summed E-state index contributed by atoms with van der Waals surface area (Å²) in [6.07, 6.45) is 0. The summed E-state index contributed by atoms with van der Waals surface area (Å²) in [5.41, 5.74) is 1.41. The number of hydrogen-bond donors (Lipinski definition) is 0. The normalized spacial score (nSPS) is 11.3. The van der Waals surface area contributed by atoms with E-state index in [4.69, 9.17) is 0 Å². The minimum absolute atomic E-state index is 0.108. The van der Waals surface area contributed by atoms with Crippen molar-refractivity contribution in [1.82, 2.24) is 3.97 Å². The summed E-state index contributed by atoms with van der Waals surface area (Å²) < 4.78 is 1.77. The summed E-state index contributed by atoms with van der Waals surface area (Å²) in [7, 11) is 0. The molecule has 1 heterocycles. The molecule has 0 unspecified atom stereocenters. The molecule has 0 saturated heterocycles. The van der Waals surface area contributed by atoms with Crippen LogP contribution in [0, 0.1) is 20.2 Å². The van der Waals surface area contributed by atoms with Crippen molar-refractivity contribution >= 4 is 45.1 Å². The van der Waals surface area contributed by atoms with Crippen LogP contribution in [0.15, 0.2) is 70.4 Å². The Labute approximate surface area is 180 Å². The fourth-order valence-corrected chi connectivity index (χ4v) is 4.49. The number of non-ortho nitro benzene ring substituents is 1. The summed E-state index contributed by atoms with van der Waals surface area (Å²) in [6.45, 7) is 4.07. The first kappa shape index (κ1) is 20.5. The summed E-state index contributed by atoms with van der Waals surface area (Å²) >= 11 is 1.06. The monoisotopic (exact) mass is 435 g/mol. The van der Waals surface area contributed by atoms with Crippen LogP contribution in [0.5, 0.6) is 0 Å². The van der Waals surface area contributed by atoms with E-state index >= 15 is 0 Å². The van der Waals surface area contributed by atoms with Crippen LogP contribution in [-0.4, -0.2) is 13.8 Å². The van der Waals surface area contributed by atoms with E-state index in [1.54, 1.807) is 28.2 Å². The zero-order valence-corrected chi connectivity index (χ0v) is 17.5. The molecule has 8 nitrogen and oxygen atoms in total. The summed E-state index contributed by atoms with van der Waals surface area (Å²) in [5, 5.41) is 23.7. The van der Waals surface area contributed by atoms with Crippen molar-refractivity contribution < 1.29 is 9.85 Å². The second-order valence-corrected chi connectivity index (χ2v) is 8.32. The van der Waals surface area contributed by atoms with E-state index in [-0.39, 0.29) is 27.6 Å². The average molecular weight is 435 g/mol. The van der Waals surface area contributed by atoms with Crippen LogP contribution in [-0.2, 0) is 0 Å². The van der Waals surface area contributed by atoms with Gasteiger partial charge in [-0.15, -0.1) is 0 Å². The van der Waals surface area contributed by atoms with Gasteiger partial charge in [0.1, 0.15) is 4.90 Å². The number of rotatable bonds is 5. The third-order valence-electron chi connectivity index (χ3n) is 5.06. The zero-order chi connectivity index (χ0) is 22.3. The highest BCUT2D eigenvalue weighted by molar-refractivity contribution is 7.98. The molecule has 0 fully saturated rings. The Bertz CT molecular complexity index is 1430. The fraction of sp³-hybridized carbons (Fsp3) is 0.136. The number of pyridine rings is 1. The highest BCUT2D eigenvalue weighted by Gasteiger charge is 2.22. The first-order valence-electron chi connectivity index (χ1n) is 9.46. The summed E-state index contributed by atoms with van der Waals surface area (Å²) in [6, 6.07) is 16.2. The molecule has 9 heteroatoms. The summed E-state index contributed by atoms with van der Waals surface area (Å²) in [4.78, 5) is 34.7. The molecule has 0 saturated carbocycles. The molecule has 0 amide bonds. The number of aromatic nitrogens is 1. The predicted molar refractivity (Wildman–Crippen MR) is 121 cm³/mol. The standard InChI is InChI=1S/C22H17N3O5S/c1-13(2)14-7-9-19-17(11-14)22(26)16-5-3-4-6-18(16)23(19)31-21-10-8-15(24(27)28)12-20(21)25(29)30/h3-13H,1-2H3. The fourth-order valence-electron chi connectivity index (χ4n) is 3.43. The van der Waals surface area contributed by atoms with Crippen LogP contribution < -0.4 is 5.43 Å². The number of nitro benzene ring substituents is 2. The van der Waals surface area contributed by atoms with Crippen LogP contribution in [0.4, 0.5) is 11.4 Å². The molecule has 0 aliphatic carbocycles. The van der Waals surface area contributed by atoms with Gasteiger partial charge in [-0.25, -0.2) is 0 Å². The molecule has 0 aliphatic heterocycles. The lowest BCUT2D eigenvalue weighted by Gasteiger charge is -2.15. The summed E-state index contributed by atoms with van der Waals surface area (Å²) in [5.74, 6) is 0.229. The smallest absolute Gasteiger partial charge is 0.288 e. The molecule has 0 atom stereocenters. The van der Waals surface area contributed by atoms with Gasteiger partial charge in [0, 0.05) is 16.8 Å². The molecule has 3 aromatic carbocycles. The molecule has 31 heavy (non-hydrogen) atoms.